The maximum Gasteiger partial charge on any atom is 0.264 e. The maximum absolute atomic E-state index is 13.5. The third-order valence-corrected chi connectivity index (χ3v) is 4.09. The highest BCUT2D eigenvalue weighted by molar-refractivity contribution is 8.13. The first-order valence-electron chi connectivity index (χ1n) is 5.45. The van der Waals surface area contributed by atoms with Crippen LogP contribution in [-0.2, 0) is 9.05 Å². The average molecular weight is 297 g/mol. The molecule has 0 atom stereocenters. The van der Waals surface area contributed by atoms with E-state index in [1.54, 1.807) is 0 Å². The molecule has 0 aromatic heterocycles. The Hall–Kier alpha value is -0.880. The van der Waals surface area contributed by atoms with E-state index in [1.165, 1.54) is 0 Å². The van der Waals surface area contributed by atoms with E-state index in [0.29, 0.717) is 5.92 Å². The number of halogens is 3. The van der Waals surface area contributed by atoms with Gasteiger partial charge in [-0.2, -0.15) is 4.39 Å². The molecule has 18 heavy (non-hydrogen) atoms. The highest BCUT2D eigenvalue weighted by atomic mass is 35.7. The van der Waals surface area contributed by atoms with Gasteiger partial charge < -0.3 is 4.74 Å². The number of hydrogen-bond donors (Lipinski definition) is 0. The van der Waals surface area contributed by atoms with E-state index >= 15 is 0 Å². The van der Waals surface area contributed by atoms with Gasteiger partial charge in [0.05, 0.1) is 6.61 Å². The molecule has 1 aliphatic carbocycles. The second-order valence-corrected chi connectivity index (χ2v) is 6.74. The third kappa shape index (κ3) is 3.11. The second kappa shape index (κ2) is 5.01. The van der Waals surface area contributed by atoms with Crippen molar-refractivity contribution in [2.24, 2.45) is 5.92 Å². The van der Waals surface area contributed by atoms with Gasteiger partial charge in [-0.3, -0.25) is 0 Å². The molecular formula is C11H11ClF2O3S. The Kier molecular flexibility index (Phi) is 3.77. The zero-order valence-electron chi connectivity index (χ0n) is 9.33. The molecule has 0 amide bonds. The maximum atomic E-state index is 13.5. The molecule has 1 aliphatic rings. The lowest BCUT2D eigenvalue weighted by atomic mass is 10.3. The first-order valence-corrected chi connectivity index (χ1v) is 7.76. The van der Waals surface area contributed by atoms with Crippen LogP contribution in [0.5, 0.6) is 5.75 Å². The van der Waals surface area contributed by atoms with Crippen molar-refractivity contribution in [2.75, 3.05) is 6.61 Å². The van der Waals surface area contributed by atoms with Crippen LogP contribution in [0.3, 0.4) is 0 Å². The summed E-state index contributed by atoms with van der Waals surface area (Å²) in [5.41, 5.74) is 0. The van der Waals surface area contributed by atoms with Crippen LogP contribution in [0.2, 0.25) is 0 Å². The average Bonchev–Trinajstić information content (AvgIpc) is 3.06. The zero-order chi connectivity index (χ0) is 13.3. The summed E-state index contributed by atoms with van der Waals surface area (Å²) in [4.78, 5) is -0.879. The Labute approximate surface area is 108 Å². The summed E-state index contributed by atoms with van der Waals surface area (Å²) in [7, 11) is 0.672. The first kappa shape index (κ1) is 13.5. The summed E-state index contributed by atoms with van der Waals surface area (Å²) in [6.45, 7) is 0.286. The molecule has 0 aliphatic heterocycles. The topological polar surface area (TPSA) is 43.4 Å². The Morgan fingerprint density at radius 2 is 1.94 bits per heavy atom. The van der Waals surface area contributed by atoms with E-state index in [0.717, 1.165) is 31.4 Å². The second-order valence-electron chi connectivity index (χ2n) is 4.21. The van der Waals surface area contributed by atoms with Crippen molar-refractivity contribution < 1.29 is 21.9 Å². The highest BCUT2D eigenvalue weighted by Gasteiger charge is 2.24. The van der Waals surface area contributed by atoms with Gasteiger partial charge in [-0.15, -0.1) is 0 Å². The van der Waals surface area contributed by atoms with Crippen LogP contribution in [0.4, 0.5) is 8.78 Å². The predicted molar refractivity (Wildman–Crippen MR) is 62.2 cm³/mol. The number of hydrogen-bond acceptors (Lipinski definition) is 3. The SMILES string of the molecule is O=S(=O)(Cl)c1ccc(OCCC2CC2)c(F)c1F. The zero-order valence-corrected chi connectivity index (χ0v) is 10.9. The molecule has 1 fully saturated rings. The summed E-state index contributed by atoms with van der Waals surface area (Å²) in [5, 5.41) is 0. The Morgan fingerprint density at radius 1 is 1.28 bits per heavy atom. The molecular weight excluding hydrogens is 286 g/mol. The van der Waals surface area contributed by atoms with Gasteiger partial charge in [-0.1, -0.05) is 12.8 Å². The lowest BCUT2D eigenvalue weighted by Crippen LogP contribution is -2.04. The monoisotopic (exact) mass is 296 g/mol. The van der Waals surface area contributed by atoms with Crippen LogP contribution in [0, 0.1) is 17.6 Å². The molecule has 0 N–H and O–H groups in total. The molecule has 0 saturated heterocycles. The standard InChI is InChI=1S/C11H11ClF2O3S/c12-18(15,16)9-4-3-8(10(13)11(9)14)17-6-5-7-1-2-7/h3-4,7H,1-2,5-6H2. The van der Waals surface area contributed by atoms with Crippen LogP contribution in [0.15, 0.2) is 17.0 Å². The molecule has 1 aromatic carbocycles. The van der Waals surface area contributed by atoms with Crippen LogP contribution in [-0.4, -0.2) is 15.0 Å². The van der Waals surface area contributed by atoms with Gasteiger partial charge in [0.15, 0.2) is 11.6 Å². The van der Waals surface area contributed by atoms with E-state index < -0.39 is 25.6 Å². The summed E-state index contributed by atoms with van der Waals surface area (Å²) < 4.78 is 53.9. The fraction of sp³-hybridized carbons (Fsp3) is 0.455. The Morgan fingerprint density at radius 3 is 2.50 bits per heavy atom. The number of rotatable bonds is 5. The minimum absolute atomic E-state index is 0.286. The van der Waals surface area contributed by atoms with Crippen molar-refractivity contribution in [3.63, 3.8) is 0 Å². The van der Waals surface area contributed by atoms with Crippen LogP contribution in [0.25, 0.3) is 0 Å². The van der Waals surface area contributed by atoms with Crippen molar-refractivity contribution in [3.8, 4) is 5.75 Å². The largest absolute Gasteiger partial charge is 0.490 e. The molecule has 0 unspecified atom stereocenters. The quantitative estimate of drug-likeness (QED) is 0.784. The third-order valence-electron chi connectivity index (χ3n) is 2.75. The van der Waals surface area contributed by atoms with Gasteiger partial charge in [0.2, 0.25) is 5.82 Å². The van der Waals surface area contributed by atoms with E-state index in [1.807, 2.05) is 0 Å². The van der Waals surface area contributed by atoms with Gasteiger partial charge in [-0.25, -0.2) is 12.8 Å². The van der Waals surface area contributed by atoms with Crippen LogP contribution >= 0.6 is 10.7 Å². The summed E-state index contributed by atoms with van der Waals surface area (Å²) in [6.07, 6.45) is 3.07. The normalized spacial score (nSPS) is 15.7. The molecule has 2 rings (SSSR count). The van der Waals surface area contributed by atoms with Gasteiger partial charge in [-0.05, 0) is 24.5 Å². The van der Waals surface area contributed by atoms with Gasteiger partial charge >= 0.3 is 0 Å². The van der Waals surface area contributed by atoms with Crippen molar-refractivity contribution in [2.45, 2.75) is 24.2 Å². The van der Waals surface area contributed by atoms with Crippen LogP contribution < -0.4 is 4.74 Å². The molecule has 0 heterocycles. The smallest absolute Gasteiger partial charge is 0.264 e. The highest BCUT2D eigenvalue weighted by Crippen LogP contribution is 2.33. The fourth-order valence-corrected chi connectivity index (χ4v) is 2.45. The Balaban J connectivity index is 2.14. The molecule has 0 bridgehead atoms. The van der Waals surface area contributed by atoms with Crippen molar-refractivity contribution in [1.29, 1.82) is 0 Å². The molecule has 3 nitrogen and oxygen atoms in total. The molecule has 0 spiro atoms. The lowest BCUT2D eigenvalue weighted by molar-refractivity contribution is 0.281. The van der Waals surface area contributed by atoms with Crippen molar-refractivity contribution >= 4 is 19.7 Å². The lowest BCUT2D eigenvalue weighted by Gasteiger charge is -2.08. The van der Waals surface area contributed by atoms with Gasteiger partial charge in [0.25, 0.3) is 9.05 Å². The molecule has 1 aromatic rings. The van der Waals surface area contributed by atoms with E-state index in [-0.39, 0.29) is 12.4 Å². The predicted octanol–water partition coefficient (Wildman–Crippen LogP) is 3.07. The summed E-state index contributed by atoms with van der Waals surface area (Å²) >= 11 is 0. The van der Waals surface area contributed by atoms with E-state index in [2.05, 4.69) is 0 Å². The minimum Gasteiger partial charge on any atom is -0.490 e. The number of ether oxygens (including phenoxy) is 1. The molecule has 7 heteroatoms. The van der Waals surface area contributed by atoms with Crippen molar-refractivity contribution in [1.82, 2.24) is 0 Å². The number of benzene rings is 1. The van der Waals surface area contributed by atoms with E-state index in [4.69, 9.17) is 15.4 Å². The minimum atomic E-state index is -4.30. The van der Waals surface area contributed by atoms with Crippen LogP contribution in [0.1, 0.15) is 19.3 Å². The van der Waals surface area contributed by atoms with E-state index in [9.17, 15) is 17.2 Å². The summed E-state index contributed by atoms with van der Waals surface area (Å²) in [5.74, 6) is -2.51. The Bertz CT molecular complexity index is 556. The van der Waals surface area contributed by atoms with Crippen molar-refractivity contribution in [3.05, 3.63) is 23.8 Å². The molecule has 100 valence electrons. The van der Waals surface area contributed by atoms with Gasteiger partial charge in [0.1, 0.15) is 4.90 Å². The van der Waals surface area contributed by atoms with Gasteiger partial charge in [0, 0.05) is 10.7 Å². The first-order chi connectivity index (χ1) is 8.39. The summed E-state index contributed by atoms with van der Waals surface area (Å²) in [6, 6.07) is 1.97. The molecule has 0 radical (unpaired) electrons. The molecule has 1 saturated carbocycles. The fourth-order valence-electron chi connectivity index (χ4n) is 1.56.